The molecule has 1 amide bonds. The zero-order valence-corrected chi connectivity index (χ0v) is 10.6. The van der Waals surface area contributed by atoms with Gasteiger partial charge in [-0.3, -0.25) is 9.78 Å². The predicted molar refractivity (Wildman–Crippen MR) is 67.6 cm³/mol. The van der Waals surface area contributed by atoms with Crippen molar-refractivity contribution in [3.05, 3.63) is 30.1 Å². The number of rotatable bonds is 2. The zero-order chi connectivity index (χ0) is 12.3. The molecule has 1 aromatic heterocycles. The molecule has 0 unspecified atom stereocenters. The summed E-state index contributed by atoms with van der Waals surface area (Å²) >= 11 is 0. The van der Waals surface area contributed by atoms with Crippen LogP contribution in [0.25, 0.3) is 0 Å². The molecule has 0 spiro atoms. The number of carbonyl (C=O) groups is 1. The predicted octanol–water partition coefficient (Wildman–Crippen LogP) is 2.44. The van der Waals surface area contributed by atoms with Crippen LogP contribution in [-0.4, -0.2) is 28.9 Å². The Morgan fingerprint density at radius 3 is 2.94 bits per heavy atom. The van der Waals surface area contributed by atoms with E-state index in [1.54, 1.807) is 0 Å². The first-order valence-corrected chi connectivity index (χ1v) is 6.38. The smallest absolute Gasteiger partial charge is 0.225 e. The Morgan fingerprint density at radius 1 is 1.47 bits per heavy atom. The Labute approximate surface area is 103 Å². The highest BCUT2D eigenvalue weighted by Gasteiger charge is 2.26. The molecule has 1 aliphatic rings. The first-order chi connectivity index (χ1) is 8.18. The molecule has 17 heavy (non-hydrogen) atoms. The summed E-state index contributed by atoms with van der Waals surface area (Å²) in [6, 6.07) is 6.02. The lowest BCUT2D eigenvalue weighted by molar-refractivity contribution is -0.135. The maximum atomic E-state index is 12.0. The van der Waals surface area contributed by atoms with Crippen molar-refractivity contribution in [2.75, 3.05) is 13.1 Å². The van der Waals surface area contributed by atoms with Crippen LogP contribution in [0.5, 0.6) is 0 Å². The van der Waals surface area contributed by atoms with E-state index in [1.165, 1.54) is 0 Å². The van der Waals surface area contributed by atoms with Crippen LogP contribution in [0, 0.1) is 5.92 Å². The van der Waals surface area contributed by atoms with Gasteiger partial charge in [0.1, 0.15) is 0 Å². The molecule has 0 aliphatic carbocycles. The van der Waals surface area contributed by atoms with Crippen molar-refractivity contribution in [2.24, 2.45) is 5.92 Å². The monoisotopic (exact) mass is 232 g/mol. The number of nitrogens with zero attached hydrogens (tertiary/aromatic N) is 2. The summed E-state index contributed by atoms with van der Waals surface area (Å²) in [7, 11) is 0. The molecule has 1 saturated heterocycles. The van der Waals surface area contributed by atoms with Gasteiger partial charge in [0.15, 0.2) is 0 Å². The Bertz CT molecular complexity index is 375. The van der Waals surface area contributed by atoms with Crippen molar-refractivity contribution < 1.29 is 4.79 Å². The summed E-state index contributed by atoms with van der Waals surface area (Å²) in [4.78, 5) is 18.4. The van der Waals surface area contributed by atoms with E-state index in [9.17, 15) is 4.79 Å². The number of hydrogen-bond acceptors (Lipinski definition) is 2. The number of carbonyl (C=O) groups excluding carboxylic acids is 1. The summed E-state index contributed by atoms with van der Waals surface area (Å²) in [5, 5.41) is 0. The van der Waals surface area contributed by atoms with Crippen molar-refractivity contribution in [3.8, 4) is 0 Å². The number of piperidine rings is 1. The fraction of sp³-hybridized carbons (Fsp3) is 0.571. The van der Waals surface area contributed by atoms with Gasteiger partial charge in [0.25, 0.3) is 0 Å². The van der Waals surface area contributed by atoms with Crippen LogP contribution >= 0.6 is 0 Å². The van der Waals surface area contributed by atoms with E-state index in [-0.39, 0.29) is 11.8 Å². The standard InChI is InChI=1S/C14H20N2O/c1-11(2)14(17)16-9-5-6-12(10-16)13-7-3-4-8-15-13/h3-4,7-8,11-12H,5-6,9-10H2,1-2H3/t12-/m1/s1. The molecule has 2 rings (SSSR count). The second-order valence-electron chi connectivity index (χ2n) is 5.03. The quantitative estimate of drug-likeness (QED) is 0.784. The van der Waals surface area contributed by atoms with Gasteiger partial charge in [-0.15, -0.1) is 0 Å². The summed E-state index contributed by atoms with van der Waals surface area (Å²) in [6.45, 7) is 5.66. The molecule has 1 aliphatic heterocycles. The molecule has 2 heterocycles. The highest BCUT2D eigenvalue weighted by Crippen LogP contribution is 2.25. The molecular formula is C14H20N2O. The number of likely N-dealkylation sites (tertiary alicyclic amines) is 1. The molecule has 1 fully saturated rings. The largest absolute Gasteiger partial charge is 0.342 e. The average Bonchev–Trinajstić information content (AvgIpc) is 2.39. The van der Waals surface area contributed by atoms with Gasteiger partial charge in [-0.05, 0) is 25.0 Å². The van der Waals surface area contributed by atoms with Gasteiger partial charge in [0, 0.05) is 36.8 Å². The van der Waals surface area contributed by atoms with Crippen molar-refractivity contribution in [2.45, 2.75) is 32.6 Å². The van der Waals surface area contributed by atoms with Crippen LogP contribution < -0.4 is 0 Å². The van der Waals surface area contributed by atoms with Crippen LogP contribution in [0.15, 0.2) is 24.4 Å². The zero-order valence-electron chi connectivity index (χ0n) is 10.6. The topological polar surface area (TPSA) is 33.2 Å². The number of pyridine rings is 1. The lowest BCUT2D eigenvalue weighted by Crippen LogP contribution is -2.41. The van der Waals surface area contributed by atoms with Gasteiger partial charge >= 0.3 is 0 Å². The first kappa shape index (κ1) is 12.1. The molecule has 3 heteroatoms. The third kappa shape index (κ3) is 2.84. The van der Waals surface area contributed by atoms with Crippen LogP contribution in [0.3, 0.4) is 0 Å². The van der Waals surface area contributed by atoms with Crippen molar-refractivity contribution in [3.63, 3.8) is 0 Å². The minimum absolute atomic E-state index is 0.0949. The van der Waals surface area contributed by atoms with E-state index >= 15 is 0 Å². The van der Waals surface area contributed by atoms with Gasteiger partial charge in [-0.25, -0.2) is 0 Å². The van der Waals surface area contributed by atoms with Crippen LogP contribution in [-0.2, 0) is 4.79 Å². The molecular weight excluding hydrogens is 212 g/mol. The summed E-state index contributed by atoms with van der Waals surface area (Å²) in [6.07, 6.45) is 4.05. The normalized spacial score (nSPS) is 20.6. The first-order valence-electron chi connectivity index (χ1n) is 6.38. The molecule has 0 saturated carbocycles. The minimum Gasteiger partial charge on any atom is -0.342 e. The molecule has 0 aromatic carbocycles. The van der Waals surface area contributed by atoms with E-state index in [4.69, 9.17) is 0 Å². The third-order valence-electron chi connectivity index (χ3n) is 3.33. The van der Waals surface area contributed by atoms with Gasteiger partial charge in [0.05, 0.1) is 0 Å². The van der Waals surface area contributed by atoms with Crippen LogP contribution in [0.2, 0.25) is 0 Å². The minimum atomic E-state index is 0.0949. The SMILES string of the molecule is CC(C)C(=O)N1CCC[C@@H](c2ccccn2)C1. The Balaban J connectivity index is 2.05. The van der Waals surface area contributed by atoms with Gasteiger partial charge in [-0.2, -0.15) is 0 Å². The molecule has 1 aromatic rings. The van der Waals surface area contributed by atoms with E-state index in [0.29, 0.717) is 5.92 Å². The molecule has 3 nitrogen and oxygen atoms in total. The van der Waals surface area contributed by atoms with E-state index in [2.05, 4.69) is 11.1 Å². The van der Waals surface area contributed by atoms with Gasteiger partial charge in [0.2, 0.25) is 5.91 Å². The fourth-order valence-corrected chi connectivity index (χ4v) is 2.40. The molecule has 0 N–H and O–H groups in total. The Kier molecular flexibility index (Phi) is 3.77. The van der Waals surface area contributed by atoms with Crippen molar-refractivity contribution in [1.82, 2.24) is 9.88 Å². The third-order valence-corrected chi connectivity index (χ3v) is 3.33. The molecule has 1 atom stereocenters. The second-order valence-corrected chi connectivity index (χ2v) is 5.03. The van der Waals surface area contributed by atoms with Crippen LogP contribution in [0.1, 0.15) is 38.3 Å². The maximum Gasteiger partial charge on any atom is 0.225 e. The number of amides is 1. The highest BCUT2D eigenvalue weighted by molar-refractivity contribution is 5.78. The lowest BCUT2D eigenvalue weighted by atomic mass is 9.93. The fourth-order valence-electron chi connectivity index (χ4n) is 2.40. The van der Waals surface area contributed by atoms with E-state index < -0.39 is 0 Å². The molecule has 0 radical (unpaired) electrons. The van der Waals surface area contributed by atoms with Crippen molar-refractivity contribution >= 4 is 5.91 Å². The van der Waals surface area contributed by atoms with Gasteiger partial charge < -0.3 is 4.90 Å². The maximum absolute atomic E-state index is 12.0. The van der Waals surface area contributed by atoms with E-state index in [1.807, 2.05) is 37.1 Å². The lowest BCUT2D eigenvalue weighted by Gasteiger charge is -2.33. The summed E-state index contributed by atoms with van der Waals surface area (Å²) in [5.74, 6) is 0.774. The second kappa shape index (κ2) is 5.30. The van der Waals surface area contributed by atoms with Crippen LogP contribution in [0.4, 0.5) is 0 Å². The van der Waals surface area contributed by atoms with E-state index in [0.717, 1.165) is 31.6 Å². The number of hydrogen-bond donors (Lipinski definition) is 0. The Hall–Kier alpha value is -1.38. The van der Waals surface area contributed by atoms with Crippen molar-refractivity contribution in [1.29, 1.82) is 0 Å². The van der Waals surface area contributed by atoms with Gasteiger partial charge in [-0.1, -0.05) is 19.9 Å². The summed E-state index contributed by atoms with van der Waals surface area (Å²) in [5.41, 5.74) is 1.12. The Morgan fingerprint density at radius 2 is 2.29 bits per heavy atom. The highest BCUT2D eigenvalue weighted by atomic mass is 16.2. The molecule has 92 valence electrons. The number of aromatic nitrogens is 1. The summed E-state index contributed by atoms with van der Waals surface area (Å²) < 4.78 is 0. The molecule has 0 bridgehead atoms. The average molecular weight is 232 g/mol.